The van der Waals surface area contributed by atoms with Gasteiger partial charge in [0.05, 0.1) is 12.1 Å². The van der Waals surface area contributed by atoms with Gasteiger partial charge in [0, 0.05) is 27.0 Å². The lowest BCUT2D eigenvalue weighted by atomic mass is 9.65. The first kappa shape index (κ1) is 19.2. The molecule has 2 fully saturated rings. The van der Waals surface area contributed by atoms with Gasteiger partial charge in [-0.2, -0.15) is 0 Å². The monoisotopic (exact) mass is 351 g/mol. The third-order valence-corrected chi connectivity index (χ3v) is 7.29. The second kappa shape index (κ2) is 7.85. The van der Waals surface area contributed by atoms with E-state index in [4.69, 9.17) is 4.74 Å². The highest BCUT2D eigenvalue weighted by Gasteiger charge is 2.52. The maximum Gasteiger partial charge on any atom is 0.410 e. The van der Waals surface area contributed by atoms with Crippen LogP contribution in [0.4, 0.5) is 4.79 Å². The molecule has 5 heteroatoms. The zero-order valence-corrected chi connectivity index (χ0v) is 16.6. The Kier molecular flexibility index (Phi) is 6.29. The molecule has 0 aromatic heterocycles. The molecule has 1 saturated heterocycles. The standard InChI is InChI=1S/C19H33NO3Si/c1-5-6-11-19-12-8-7-9-16(19)17(21)10-13-20(19)18(22)23-14-15-24(2,3)4/h5,16H,1,6-15H2,2-4H3/t16-,19-/m0/s1. The summed E-state index contributed by atoms with van der Waals surface area (Å²) in [7, 11) is -1.22. The molecule has 24 heavy (non-hydrogen) atoms. The van der Waals surface area contributed by atoms with Crippen LogP contribution in [0.3, 0.4) is 0 Å². The zero-order chi connectivity index (χ0) is 17.8. The number of hydrogen-bond acceptors (Lipinski definition) is 3. The van der Waals surface area contributed by atoms with E-state index >= 15 is 0 Å². The SMILES string of the molecule is C=CCC[C@]12CCCC[C@H]1C(=O)CCN2C(=O)OCC[Si](C)(C)C. The third kappa shape index (κ3) is 4.29. The zero-order valence-electron chi connectivity index (χ0n) is 15.6. The number of likely N-dealkylation sites (tertiary alicyclic amines) is 1. The number of allylic oxidation sites excluding steroid dienone is 1. The van der Waals surface area contributed by atoms with Crippen molar-refractivity contribution in [1.29, 1.82) is 0 Å². The van der Waals surface area contributed by atoms with E-state index in [0.717, 1.165) is 44.6 Å². The molecule has 0 spiro atoms. The largest absolute Gasteiger partial charge is 0.450 e. The first-order chi connectivity index (χ1) is 11.3. The molecule has 0 radical (unpaired) electrons. The van der Waals surface area contributed by atoms with Gasteiger partial charge in [-0.1, -0.05) is 38.6 Å². The molecule has 1 saturated carbocycles. The first-order valence-electron chi connectivity index (χ1n) is 9.38. The van der Waals surface area contributed by atoms with Gasteiger partial charge in [-0.15, -0.1) is 6.58 Å². The number of amides is 1. The van der Waals surface area contributed by atoms with Gasteiger partial charge in [-0.25, -0.2) is 4.79 Å². The Morgan fingerprint density at radius 1 is 1.42 bits per heavy atom. The second-order valence-corrected chi connectivity index (χ2v) is 14.1. The van der Waals surface area contributed by atoms with Crippen LogP contribution in [-0.2, 0) is 9.53 Å². The first-order valence-corrected chi connectivity index (χ1v) is 13.1. The topological polar surface area (TPSA) is 46.6 Å². The van der Waals surface area contributed by atoms with Gasteiger partial charge in [0.2, 0.25) is 0 Å². The van der Waals surface area contributed by atoms with Gasteiger partial charge in [-0.05, 0) is 31.7 Å². The fourth-order valence-electron chi connectivity index (χ4n) is 4.21. The van der Waals surface area contributed by atoms with E-state index < -0.39 is 8.07 Å². The summed E-state index contributed by atoms with van der Waals surface area (Å²) in [6, 6.07) is 0.981. The molecule has 136 valence electrons. The molecule has 1 amide bonds. The van der Waals surface area contributed by atoms with E-state index in [1.54, 1.807) is 0 Å². The van der Waals surface area contributed by atoms with E-state index in [0.29, 0.717) is 25.4 Å². The lowest BCUT2D eigenvalue weighted by molar-refractivity contribution is -0.137. The van der Waals surface area contributed by atoms with Crippen LogP contribution in [0.25, 0.3) is 0 Å². The fourth-order valence-corrected chi connectivity index (χ4v) is 4.92. The van der Waals surface area contributed by atoms with Crippen molar-refractivity contribution in [3.8, 4) is 0 Å². The molecular formula is C19H33NO3Si. The molecule has 0 bridgehead atoms. The highest BCUT2D eigenvalue weighted by atomic mass is 28.3. The van der Waals surface area contributed by atoms with Crippen molar-refractivity contribution in [2.24, 2.45) is 5.92 Å². The van der Waals surface area contributed by atoms with Crippen LogP contribution in [0.1, 0.15) is 44.9 Å². The number of carbonyl (C=O) groups excluding carboxylic acids is 2. The van der Waals surface area contributed by atoms with Crippen LogP contribution in [0.15, 0.2) is 12.7 Å². The Balaban J connectivity index is 2.14. The fraction of sp³-hybridized carbons (Fsp3) is 0.789. The van der Waals surface area contributed by atoms with Crippen LogP contribution in [-0.4, -0.2) is 43.5 Å². The van der Waals surface area contributed by atoms with E-state index in [9.17, 15) is 9.59 Å². The van der Waals surface area contributed by atoms with Gasteiger partial charge in [-0.3, -0.25) is 4.79 Å². The van der Waals surface area contributed by atoms with Crippen molar-refractivity contribution in [2.75, 3.05) is 13.2 Å². The number of ether oxygens (including phenoxy) is 1. The highest BCUT2D eigenvalue weighted by Crippen LogP contribution is 2.45. The van der Waals surface area contributed by atoms with Gasteiger partial charge >= 0.3 is 6.09 Å². The quantitative estimate of drug-likeness (QED) is 0.518. The molecule has 2 rings (SSSR count). The van der Waals surface area contributed by atoms with E-state index in [1.807, 2.05) is 11.0 Å². The molecule has 1 heterocycles. The van der Waals surface area contributed by atoms with Crippen molar-refractivity contribution in [2.45, 2.75) is 76.2 Å². The summed E-state index contributed by atoms with van der Waals surface area (Å²) in [5, 5.41) is 0. The summed E-state index contributed by atoms with van der Waals surface area (Å²) < 4.78 is 5.63. The van der Waals surface area contributed by atoms with Crippen molar-refractivity contribution < 1.29 is 14.3 Å². The molecule has 1 aliphatic heterocycles. The Morgan fingerprint density at radius 2 is 2.17 bits per heavy atom. The summed E-state index contributed by atoms with van der Waals surface area (Å²) in [6.07, 6.45) is 7.83. The minimum absolute atomic E-state index is 0.00973. The Hall–Kier alpha value is -1.10. The van der Waals surface area contributed by atoms with Gasteiger partial charge in [0.15, 0.2) is 0 Å². The molecule has 0 aromatic rings. The molecular weight excluding hydrogens is 318 g/mol. The Labute approximate surface area is 147 Å². The van der Waals surface area contributed by atoms with E-state index in [-0.39, 0.29) is 17.6 Å². The second-order valence-electron chi connectivity index (χ2n) is 8.52. The Morgan fingerprint density at radius 3 is 2.83 bits per heavy atom. The number of carbonyl (C=O) groups is 2. The van der Waals surface area contributed by atoms with Gasteiger partial charge < -0.3 is 9.64 Å². The summed E-state index contributed by atoms with van der Waals surface area (Å²) in [5.74, 6) is 0.328. The van der Waals surface area contributed by atoms with Crippen molar-refractivity contribution in [3.05, 3.63) is 12.7 Å². The number of nitrogens with zero attached hydrogens (tertiary/aromatic N) is 1. The van der Waals surface area contributed by atoms with Gasteiger partial charge in [0.25, 0.3) is 0 Å². The van der Waals surface area contributed by atoms with Crippen LogP contribution >= 0.6 is 0 Å². The molecule has 2 atom stereocenters. The molecule has 0 unspecified atom stereocenters. The van der Waals surface area contributed by atoms with Crippen LogP contribution < -0.4 is 0 Å². The molecule has 4 nitrogen and oxygen atoms in total. The minimum atomic E-state index is -1.22. The predicted molar refractivity (Wildman–Crippen MR) is 100.0 cm³/mol. The average molecular weight is 352 g/mol. The lowest BCUT2D eigenvalue weighted by Crippen LogP contribution is -2.63. The third-order valence-electron chi connectivity index (χ3n) is 5.59. The number of piperidine rings is 1. The summed E-state index contributed by atoms with van der Waals surface area (Å²) in [5.41, 5.74) is -0.335. The molecule has 1 aliphatic carbocycles. The predicted octanol–water partition coefficient (Wildman–Crippen LogP) is 4.63. The van der Waals surface area contributed by atoms with Crippen molar-refractivity contribution in [1.82, 2.24) is 4.90 Å². The Bertz CT molecular complexity index is 485. The lowest BCUT2D eigenvalue weighted by Gasteiger charge is -2.53. The number of ketones is 1. The van der Waals surface area contributed by atoms with Gasteiger partial charge in [0.1, 0.15) is 5.78 Å². The average Bonchev–Trinajstić information content (AvgIpc) is 2.52. The van der Waals surface area contributed by atoms with Crippen LogP contribution in [0, 0.1) is 5.92 Å². The number of Topliss-reactive ketones (excluding diaryl/α,β-unsaturated/α-hetero) is 1. The molecule has 0 N–H and O–H groups in total. The maximum absolute atomic E-state index is 12.8. The van der Waals surface area contributed by atoms with Crippen molar-refractivity contribution >= 4 is 20.0 Å². The maximum atomic E-state index is 12.8. The van der Waals surface area contributed by atoms with Crippen LogP contribution in [0.2, 0.25) is 25.7 Å². The molecule has 2 aliphatic rings. The summed E-state index contributed by atoms with van der Waals surface area (Å²) in [6.45, 7) is 11.7. The normalized spacial score (nSPS) is 27.5. The number of fused-ring (bicyclic) bond motifs is 1. The molecule has 0 aromatic carbocycles. The van der Waals surface area contributed by atoms with Crippen molar-refractivity contribution in [3.63, 3.8) is 0 Å². The highest BCUT2D eigenvalue weighted by molar-refractivity contribution is 6.76. The van der Waals surface area contributed by atoms with E-state index in [1.165, 1.54) is 0 Å². The minimum Gasteiger partial charge on any atom is -0.450 e. The number of hydrogen-bond donors (Lipinski definition) is 0. The van der Waals surface area contributed by atoms with Crippen LogP contribution in [0.5, 0.6) is 0 Å². The smallest absolute Gasteiger partial charge is 0.410 e. The van der Waals surface area contributed by atoms with E-state index in [2.05, 4.69) is 26.2 Å². The summed E-state index contributed by atoms with van der Waals surface area (Å²) >= 11 is 0. The summed E-state index contributed by atoms with van der Waals surface area (Å²) in [4.78, 5) is 27.2. The number of rotatable bonds is 6.